The Morgan fingerprint density at radius 2 is 1.72 bits per heavy atom. The molecule has 3 aromatic rings. The number of aromatic hydroxyl groups is 1. The van der Waals surface area contributed by atoms with Crippen molar-refractivity contribution in [3.05, 3.63) is 96.1 Å². The molecule has 2 aliphatic heterocycles. The van der Waals surface area contributed by atoms with Gasteiger partial charge in [-0.2, -0.15) is 0 Å². The van der Waals surface area contributed by atoms with E-state index in [9.17, 15) is 29.1 Å². The van der Waals surface area contributed by atoms with E-state index < -0.39 is 50.6 Å². The molecule has 3 atom stereocenters. The van der Waals surface area contributed by atoms with E-state index in [-0.39, 0.29) is 65.3 Å². The van der Waals surface area contributed by atoms with Crippen molar-refractivity contribution in [2.45, 2.75) is 89.5 Å². The molecule has 15 nitrogen and oxygen atoms in total. The van der Waals surface area contributed by atoms with Crippen LogP contribution in [0.2, 0.25) is 18.1 Å². The van der Waals surface area contributed by atoms with E-state index in [4.69, 9.17) is 18.6 Å². The van der Waals surface area contributed by atoms with Gasteiger partial charge in [-0.3, -0.25) is 14.4 Å². The second kappa shape index (κ2) is 17.8. The number of phenolic OH excluding ortho intramolecular Hbond substituents is 1. The quantitative estimate of drug-likeness (QED) is 0.104. The van der Waals surface area contributed by atoms with Crippen molar-refractivity contribution in [3.8, 4) is 11.5 Å². The summed E-state index contributed by atoms with van der Waals surface area (Å²) >= 11 is 0. The van der Waals surface area contributed by atoms with Gasteiger partial charge in [0.15, 0.2) is 26.0 Å². The third-order valence-electron chi connectivity index (χ3n) is 11.8. The number of nitrogens with one attached hydrogen (secondary N) is 3. The average Bonchev–Trinajstić information content (AvgIpc) is 3.88. The van der Waals surface area contributed by atoms with E-state index >= 15 is 0 Å². The van der Waals surface area contributed by atoms with Crippen LogP contribution in [0.3, 0.4) is 0 Å². The molecule has 0 bridgehead atoms. The maximum atomic E-state index is 14.4. The minimum atomic E-state index is -2.57. The number of anilines is 2. The lowest BCUT2D eigenvalue weighted by Gasteiger charge is -2.44. The van der Waals surface area contributed by atoms with Crippen LogP contribution in [-0.4, -0.2) is 93.3 Å². The van der Waals surface area contributed by atoms with Crippen LogP contribution in [-0.2, 0) is 36.5 Å². The van der Waals surface area contributed by atoms with Crippen molar-refractivity contribution >= 4 is 49.6 Å². The van der Waals surface area contributed by atoms with E-state index in [1.54, 1.807) is 24.3 Å². The second-order valence-electron chi connectivity index (χ2n) is 17.2. The van der Waals surface area contributed by atoms with Gasteiger partial charge in [0.1, 0.15) is 19.3 Å². The highest BCUT2D eigenvalue weighted by molar-refractivity contribution is 6.74. The molecule has 4 N–H and O–H groups in total. The molecule has 1 saturated heterocycles. The fourth-order valence-corrected chi connectivity index (χ4v) is 8.47. The number of phenols is 1. The van der Waals surface area contributed by atoms with Crippen molar-refractivity contribution in [2.75, 3.05) is 37.0 Å². The van der Waals surface area contributed by atoms with Gasteiger partial charge in [-0.05, 0) is 72.1 Å². The molecule has 0 radical (unpaired) electrons. The smallest absolute Gasteiger partial charge is 0.416 e. The number of alkyl carbamates (subject to hydrolysis) is 1. The highest BCUT2D eigenvalue weighted by atomic mass is 28.4. The van der Waals surface area contributed by atoms with Crippen LogP contribution >= 0.6 is 0 Å². The molecule has 16 heteroatoms. The van der Waals surface area contributed by atoms with Crippen LogP contribution in [0.15, 0.2) is 79.4 Å². The van der Waals surface area contributed by atoms with Gasteiger partial charge >= 0.3 is 12.2 Å². The highest BCUT2D eigenvalue weighted by Gasteiger charge is 2.59. The standard InChI is InChI=1S/C44H55N5O10Si/c1-8-20-57-41(54)47-32(21-28-12-10-9-11-13-28)38(52)45-25-37(51)46-30-16-14-29(15-17-30)26-58-42(55)49-33-23-35(50)36(56-5)22-31(33)39(53)48-27-44(18-19-44)24-34(48)40(49)59-60(6,7)43(2,3)4/h8-17,22-23,32,34,40,50H,1,18-21,24-27H2,2-7H3,(H,45,52)(H,46,51)(H,47,54)/t32?,34-,40?/m0/s1. The Kier molecular flexibility index (Phi) is 12.9. The number of fused-ring (bicyclic) bond motifs is 2. The Morgan fingerprint density at radius 3 is 2.35 bits per heavy atom. The summed E-state index contributed by atoms with van der Waals surface area (Å²) in [4.78, 5) is 70.2. The number of rotatable bonds is 14. The zero-order valence-corrected chi connectivity index (χ0v) is 36.0. The molecule has 6 rings (SSSR count). The van der Waals surface area contributed by atoms with Crippen LogP contribution in [0.25, 0.3) is 0 Å². The fourth-order valence-electron chi connectivity index (χ4n) is 7.25. The van der Waals surface area contributed by atoms with E-state index in [1.807, 2.05) is 35.2 Å². The molecular formula is C44H55N5O10Si. The van der Waals surface area contributed by atoms with E-state index in [2.05, 4.69) is 56.4 Å². The zero-order valence-electron chi connectivity index (χ0n) is 35.0. The summed E-state index contributed by atoms with van der Waals surface area (Å²) in [6, 6.07) is 17.1. The number of nitrogens with zero attached hydrogens (tertiary/aromatic N) is 2. The molecule has 5 amide bonds. The van der Waals surface area contributed by atoms with Gasteiger partial charge in [-0.25, -0.2) is 14.5 Å². The minimum absolute atomic E-state index is 0.0186. The Balaban J connectivity index is 1.14. The highest BCUT2D eigenvalue weighted by Crippen LogP contribution is 2.57. The molecule has 3 aliphatic rings. The first-order chi connectivity index (χ1) is 28.4. The van der Waals surface area contributed by atoms with Crippen molar-refractivity contribution in [3.63, 3.8) is 0 Å². The van der Waals surface area contributed by atoms with Crippen LogP contribution in [0, 0.1) is 5.41 Å². The van der Waals surface area contributed by atoms with Crippen LogP contribution in [0.5, 0.6) is 11.5 Å². The number of carbonyl (C=O) groups is 5. The van der Waals surface area contributed by atoms with Gasteiger partial charge in [0.2, 0.25) is 11.8 Å². The van der Waals surface area contributed by atoms with Crippen LogP contribution in [0.4, 0.5) is 21.0 Å². The number of ether oxygens (including phenoxy) is 3. The van der Waals surface area contributed by atoms with Crippen LogP contribution in [0.1, 0.15) is 61.5 Å². The first-order valence-electron chi connectivity index (χ1n) is 20.0. The molecule has 1 aliphatic carbocycles. The van der Waals surface area contributed by atoms with Gasteiger partial charge in [-0.1, -0.05) is 75.9 Å². The molecule has 1 saturated carbocycles. The molecule has 2 heterocycles. The van der Waals surface area contributed by atoms with Gasteiger partial charge in [0, 0.05) is 24.7 Å². The third-order valence-corrected chi connectivity index (χ3v) is 16.2. The Bertz CT molecular complexity index is 2100. The first kappa shape index (κ1) is 43.7. The van der Waals surface area contributed by atoms with Crippen molar-refractivity contribution in [1.82, 2.24) is 15.5 Å². The number of benzene rings is 3. The lowest BCUT2D eigenvalue weighted by atomic mass is 10.0. The molecule has 0 aromatic heterocycles. The molecule has 1 spiro atoms. The van der Waals surface area contributed by atoms with E-state index in [0.717, 1.165) is 18.4 Å². The molecule has 2 fully saturated rings. The minimum Gasteiger partial charge on any atom is -0.504 e. The summed E-state index contributed by atoms with van der Waals surface area (Å²) in [5, 5.41) is 18.6. The average molecular weight is 842 g/mol. The predicted octanol–water partition coefficient (Wildman–Crippen LogP) is 6.48. The maximum absolute atomic E-state index is 14.4. The fraction of sp³-hybridized carbons (Fsp3) is 0.432. The second-order valence-corrected chi connectivity index (χ2v) is 21.9. The van der Waals surface area contributed by atoms with Gasteiger partial charge in [-0.15, -0.1) is 0 Å². The molecular weight excluding hydrogens is 787 g/mol. The lowest BCUT2D eigenvalue weighted by molar-refractivity contribution is -0.125. The van der Waals surface area contributed by atoms with Crippen molar-refractivity contribution in [1.29, 1.82) is 0 Å². The largest absolute Gasteiger partial charge is 0.504 e. The normalized spacial score (nSPS) is 18.3. The zero-order chi connectivity index (χ0) is 43.4. The molecule has 3 aromatic carbocycles. The lowest BCUT2D eigenvalue weighted by Crippen LogP contribution is -2.58. The number of hydrogen-bond donors (Lipinski definition) is 4. The number of methoxy groups -OCH3 is 1. The Morgan fingerprint density at radius 1 is 1.02 bits per heavy atom. The summed E-state index contributed by atoms with van der Waals surface area (Å²) in [6.45, 7) is 14.0. The van der Waals surface area contributed by atoms with Gasteiger partial charge in [0.05, 0.1) is 30.9 Å². The SMILES string of the molecule is C=CCOC(=O)NC(Cc1ccccc1)C(=O)NCC(=O)Nc1ccc(COC(=O)N2c3cc(O)c(OC)cc3C(=O)N3CC4(CC4)C[C@H]3C2O[Si](C)(C)C(C)(C)C)cc1. The summed E-state index contributed by atoms with van der Waals surface area (Å²) < 4.78 is 23.4. The number of carbonyl (C=O) groups excluding carboxylic acids is 5. The van der Waals surface area contributed by atoms with Crippen molar-refractivity contribution < 1.29 is 47.7 Å². The van der Waals surface area contributed by atoms with Crippen LogP contribution < -0.4 is 25.6 Å². The van der Waals surface area contributed by atoms with Gasteiger partial charge < -0.3 is 44.6 Å². The maximum Gasteiger partial charge on any atom is 0.416 e. The predicted molar refractivity (Wildman–Crippen MR) is 227 cm³/mol. The van der Waals surface area contributed by atoms with E-state index in [1.165, 1.54) is 30.2 Å². The monoisotopic (exact) mass is 841 g/mol. The summed E-state index contributed by atoms with van der Waals surface area (Å²) in [7, 11) is -1.17. The van der Waals surface area contributed by atoms with Crippen molar-refractivity contribution in [2.24, 2.45) is 5.41 Å². The van der Waals surface area contributed by atoms with E-state index in [0.29, 0.717) is 24.2 Å². The topological polar surface area (TPSA) is 185 Å². The Hall–Kier alpha value is -5.87. The summed E-state index contributed by atoms with van der Waals surface area (Å²) in [5.41, 5.74) is 2.20. The number of hydrogen-bond acceptors (Lipinski definition) is 10. The summed E-state index contributed by atoms with van der Waals surface area (Å²) in [6.07, 6.45) is 1.80. The third kappa shape index (κ3) is 9.93. The molecule has 2 unspecified atom stereocenters. The Labute approximate surface area is 351 Å². The molecule has 320 valence electrons. The number of amides is 5. The first-order valence-corrected chi connectivity index (χ1v) is 23.0. The van der Waals surface area contributed by atoms with Gasteiger partial charge in [0.25, 0.3) is 5.91 Å². The summed E-state index contributed by atoms with van der Waals surface area (Å²) in [5.74, 6) is -1.47. The molecule has 60 heavy (non-hydrogen) atoms.